The molecule has 0 unspecified atom stereocenters. The molecule has 0 bridgehead atoms. The molecule has 8 heteroatoms. The number of carboxylic acid groups (broad SMARTS) is 1. The first-order valence-electron chi connectivity index (χ1n) is 15.6. The lowest BCUT2D eigenvalue weighted by Crippen LogP contribution is -2.35. The van der Waals surface area contributed by atoms with Crippen LogP contribution in [0.3, 0.4) is 0 Å². The van der Waals surface area contributed by atoms with E-state index in [9.17, 15) is 19.5 Å². The van der Waals surface area contributed by atoms with Gasteiger partial charge in [-0.05, 0) is 59.4 Å². The molecule has 46 heavy (non-hydrogen) atoms. The van der Waals surface area contributed by atoms with Crippen molar-refractivity contribution in [3.63, 3.8) is 0 Å². The number of rotatable bonds is 16. The highest BCUT2D eigenvalue weighted by Crippen LogP contribution is 2.31. The molecular weight excluding hydrogens is 580 g/mol. The van der Waals surface area contributed by atoms with Crippen molar-refractivity contribution >= 4 is 17.8 Å². The number of methoxy groups -OCH3 is 2. The van der Waals surface area contributed by atoms with E-state index in [0.29, 0.717) is 59.8 Å². The highest BCUT2D eigenvalue weighted by molar-refractivity contribution is 6.06. The van der Waals surface area contributed by atoms with Crippen molar-refractivity contribution in [3.8, 4) is 22.6 Å². The average Bonchev–Trinajstić information content (AvgIpc) is 3.09. The van der Waals surface area contributed by atoms with Gasteiger partial charge in [0.05, 0.1) is 20.6 Å². The Labute approximate surface area is 271 Å². The summed E-state index contributed by atoms with van der Waals surface area (Å²) in [6.45, 7) is 3.52. The number of ether oxygens (including phenoxy) is 2. The van der Waals surface area contributed by atoms with E-state index in [2.05, 4.69) is 6.92 Å². The van der Waals surface area contributed by atoms with E-state index >= 15 is 0 Å². The fourth-order valence-electron chi connectivity index (χ4n) is 5.40. The van der Waals surface area contributed by atoms with Gasteiger partial charge in [0, 0.05) is 37.3 Å². The van der Waals surface area contributed by atoms with Crippen LogP contribution in [0, 0.1) is 0 Å². The summed E-state index contributed by atoms with van der Waals surface area (Å²) in [6, 6.07) is 30.1. The molecule has 8 nitrogen and oxygen atoms in total. The molecule has 0 fully saturated rings. The molecule has 4 aromatic carbocycles. The molecule has 0 spiro atoms. The van der Waals surface area contributed by atoms with Gasteiger partial charge in [0.2, 0.25) is 0 Å². The molecule has 240 valence electrons. The van der Waals surface area contributed by atoms with Gasteiger partial charge in [0.15, 0.2) is 11.5 Å². The van der Waals surface area contributed by atoms with Crippen molar-refractivity contribution in [2.75, 3.05) is 33.9 Å². The fourth-order valence-corrected chi connectivity index (χ4v) is 5.40. The standard InChI is InChI=1S/C38H42N2O6/c1-4-5-23-40(27-29-13-7-6-8-14-29)38(44)33-18-12-10-16-31(33)30-15-9-11-17-32(30)37(43)39(25-22-36(41)42)24-21-28-19-20-34(45-2)35(26-28)46-3/h6-20,26H,4-5,21-25,27H2,1-3H3,(H,41,42). The number of nitrogens with zero attached hydrogens (tertiary/aromatic N) is 2. The van der Waals surface area contributed by atoms with Crippen molar-refractivity contribution in [2.45, 2.75) is 39.2 Å². The zero-order valence-electron chi connectivity index (χ0n) is 26.8. The van der Waals surface area contributed by atoms with Gasteiger partial charge < -0.3 is 24.4 Å². The van der Waals surface area contributed by atoms with Crippen molar-refractivity contribution in [1.29, 1.82) is 0 Å². The maximum Gasteiger partial charge on any atom is 0.305 e. The molecule has 0 aliphatic rings. The molecule has 4 rings (SSSR count). The third-order valence-corrected chi connectivity index (χ3v) is 7.89. The highest BCUT2D eigenvalue weighted by atomic mass is 16.5. The maximum absolute atomic E-state index is 14.2. The van der Waals surface area contributed by atoms with Gasteiger partial charge in [0.25, 0.3) is 11.8 Å². The Bertz CT molecular complexity index is 1620. The molecule has 1 N–H and O–H groups in total. The minimum absolute atomic E-state index is 0.0399. The zero-order valence-corrected chi connectivity index (χ0v) is 26.8. The van der Waals surface area contributed by atoms with Gasteiger partial charge in [-0.2, -0.15) is 0 Å². The van der Waals surface area contributed by atoms with Crippen LogP contribution < -0.4 is 9.47 Å². The molecular formula is C38H42N2O6. The van der Waals surface area contributed by atoms with Crippen LogP contribution >= 0.6 is 0 Å². The quantitative estimate of drug-likeness (QED) is 0.145. The Morgan fingerprint density at radius 2 is 1.24 bits per heavy atom. The topological polar surface area (TPSA) is 96.4 Å². The Morgan fingerprint density at radius 3 is 1.83 bits per heavy atom. The van der Waals surface area contributed by atoms with Crippen LogP contribution in [0.25, 0.3) is 11.1 Å². The summed E-state index contributed by atoms with van der Waals surface area (Å²) in [4.78, 5) is 43.3. The number of amides is 2. The van der Waals surface area contributed by atoms with Crippen LogP contribution in [-0.2, 0) is 17.8 Å². The summed E-state index contributed by atoms with van der Waals surface area (Å²) in [7, 11) is 3.13. The van der Waals surface area contributed by atoms with Gasteiger partial charge in [-0.25, -0.2) is 0 Å². The van der Waals surface area contributed by atoms with Gasteiger partial charge in [-0.15, -0.1) is 0 Å². The SMILES string of the molecule is CCCCN(Cc1ccccc1)C(=O)c1ccccc1-c1ccccc1C(=O)N(CCC(=O)O)CCc1ccc(OC)c(OC)c1. The molecule has 0 aliphatic heterocycles. The minimum atomic E-state index is -0.987. The summed E-state index contributed by atoms with van der Waals surface area (Å²) < 4.78 is 10.8. The fraction of sp³-hybridized carbons (Fsp3) is 0.289. The summed E-state index contributed by atoms with van der Waals surface area (Å²) in [5.41, 5.74) is 4.16. The summed E-state index contributed by atoms with van der Waals surface area (Å²) in [6.07, 6.45) is 2.11. The molecule has 0 saturated carbocycles. The number of carbonyl (C=O) groups is 3. The van der Waals surface area contributed by atoms with Crippen LogP contribution in [0.2, 0.25) is 0 Å². The summed E-state index contributed by atoms with van der Waals surface area (Å²) in [5.74, 6) is -0.212. The van der Waals surface area contributed by atoms with E-state index in [-0.39, 0.29) is 24.8 Å². The number of hydrogen-bond acceptors (Lipinski definition) is 5. The van der Waals surface area contributed by atoms with Crippen molar-refractivity contribution < 1.29 is 29.0 Å². The Kier molecular flexibility index (Phi) is 12.4. The van der Waals surface area contributed by atoms with E-state index in [0.717, 1.165) is 24.0 Å². The third-order valence-electron chi connectivity index (χ3n) is 7.89. The largest absolute Gasteiger partial charge is 0.493 e. The van der Waals surface area contributed by atoms with Crippen LogP contribution in [-0.4, -0.2) is 66.5 Å². The van der Waals surface area contributed by atoms with Gasteiger partial charge in [0.1, 0.15) is 0 Å². The molecule has 2 amide bonds. The zero-order chi connectivity index (χ0) is 32.9. The summed E-state index contributed by atoms with van der Waals surface area (Å²) in [5, 5.41) is 9.46. The lowest BCUT2D eigenvalue weighted by Gasteiger charge is -2.26. The molecule has 0 saturated heterocycles. The minimum Gasteiger partial charge on any atom is -0.493 e. The second-order valence-corrected chi connectivity index (χ2v) is 11.0. The number of aliphatic carboxylic acids is 1. The second kappa shape index (κ2) is 16.8. The first-order valence-corrected chi connectivity index (χ1v) is 15.6. The molecule has 0 aromatic heterocycles. The van der Waals surface area contributed by atoms with E-state index < -0.39 is 5.97 Å². The van der Waals surface area contributed by atoms with Crippen LogP contribution in [0.1, 0.15) is 58.0 Å². The molecule has 0 radical (unpaired) electrons. The number of benzene rings is 4. The van der Waals surface area contributed by atoms with E-state index in [1.54, 1.807) is 31.3 Å². The first kappa shape index (κ1) is 33.8. The van der Waals surface area contributed by atoms with Crippen LogP contribution in [0.4, 0.5) is 0 Å². The number of unbranched alkanes of at least 4 members (excludes halogenated alkanes) is 1. The number of hydrogen-bond donors (Lipinski definition) is 1. The van der Waals surface area contributed by atoms with Crippen molar-refractivity contribution in [3.05, 3.63) is 119 Å². The van der Waals surface area contributed by atoms with Gasteiger partial charge in [-0.1, -0.05) is 86.1 Å². The predicted octanol–water partition coefficient (Wildman–Crippen LogP) is 6.97. The lowest BCUT2D eigenvalue weighted by molar-refractivity contribution is -0.137. The average molecular weight is 623 g/mol. The first-order chi connectivity index (χ1) is 22.4. The maximum atomic E-state index is 14.2. The molecule has 0 aliphatic carbocycles. The van der Waals surface area contributed by atoms with Crippen molar-refractivity contribution in [1.82, 2.24) is 9.80 Å². The second-order valence-electron chi connectivity index (χ2n) is 11.0. The van der Waals surface area contributed by atoms with Crippen LogP contribution in [0.5, 0.6) is 11.5 Å². The normalized spacial score (nSPS) is 10.7. The van der Waals surface area contributed by atoms with E-state index in [1.165, 1.54) is 0 Å². The Hall–Kier alpha value is -5.11. The van der Waals surface area contributed by atoms with Gasteiger partial charge in [-0.3, -0.25) is 14.4 Å². The Balaban J connectivity index is 1.66. The highest BCUT2D eigenvalue weighted by Gasteiger charge is 2.25. The monoisotopic (exact) mass is 622 g/mol. The number of carboxylic acids is 1. The molecule has 0 heterocycles. The Morgan fingerprint density at radius 1 is 0.652 bits per heavy atom. The summed E-state index contributed by atoms with van der Waals surface area (Å²) >= 11 is 0. The van der Waals surface area contributed by atoms with Crippen LogP contribution in [0.15, 0.2) is 97.1 Å². The lowest BCUT2D eigenvalue weighted by atomic mass is 9.93. The molecule has 0 atom stereocenters. The smallest absolute Gasteiger partial charge is 0.305 e. The number of carbonyl (C=O) groups excluding carboxylic acids is 2. The van der Waals surface area contributed by atoms with E-state index in [1.807, 2.05) is 89.8 Å². The molecule has 4 aromatic rings. The van der Waals surface area contributed by atoms with Crippen molar-refractivity contribution in [2.24, 2.45) is 0 Å². The van der Waals surface area contributed by atoms with Gasteiger partial charge >= 0.3 is 5.97 Å². The van der Waals surface area contributed by atoms with E-state index in [4.69, 9.17) is 9.47 Å². The predicted molar refractivity (Wildman–Crippen MR) is 179 cm³/mol. The third kappa shape index (κ3) is 8.75.